The first kappa shape index (κ1) is 14.6. The fourth-order valence-corrected chi connectivity index (χ4v) is 2.22. The highest BCUT2D eigenvalue weighted by Crippen LogP contribution is 2.32. The van der Waals surface area contributed by atoms with Crippen LogP contribution in [-0.2, 0) is 0 Å². The van der Waals surface area contributed by atoms with Crippen molar-refractivity contribution in [3.8, 4) is 5.75 Å². The monoisotopic (exact) mass is 276 g/mol. The molecule has 0 spiro atoms. The third kappa shape index (κ3) is 2.84. The van der Waals surface area contributed by atoms with Gasteiger partial charge in [0.15, 0.2) is 0 Å². The van der Waals surface area contributed by atoms with Gasteiger partial charge < -0.3 is 10.1 Å². The van der Waals surface area contributed by atoms with Crippen molar-refractivity contribution in [3.63, 3.8) is 0 Å². The summed E-state index contributed by atoms with van der Waals surface area (Å²) in [5.74, 6) is 1.34. The fraction of sp³-hybridized carbons (Fsp3) is 0.438. The highest BCUT2D eigenvalue weighted by atomic mass is 19.1. The Bertz CT molecular complexity index is 611. The molecule has 0 fully saturated rings. The molecular weight excluding hydrogens is 255 g/mol. The third-order valence-electron chi connectivity index (χ3n) is 3.26. The van der Waals surface area contributed by atoms with Crippen LogP contribution in [0, 0.1) is 5.82 Å². The molecule has 0 atom stereocenters. The number of methoxy groups -OCH3 is 1. The zero-order valence-corrected chi connectivity index (χ0v) is 12.5. The van der Waals surface area contributed by atoms with Crippen LogP contribution in [0.4, 0.5) is 10.2 Å². The van der Waals surface area contributed by atoms with Gasteiger partial charge in [-0.05, 0) is 30.0 Å². The van der Waals surface area contributed by atoms with Crippen LogP contribution >= 0.6 is 0 Å². The van der Waals surface area contributed by atoms with Crippen molar-refractivity contribution in [3.05, 3.63) is 29.6 Å². The summed E-state index contributed by atoms with van der Waals surface area (Å²) in [6.45, 7) is 7.19. The Morgan fingerprint density at radius 3 is 2.65 bits per heavy atom. The second kappa shape index (κ2) is 6.07. The number of nitrogens with zero attached hydrogens (tertiary/aromatic N) is 1. The molecule has 1 N–H and O–H groups in total. The van der Waals surface area contributed by atoms with Crippen LogP contribution in [0.5, 0.6) is 5.75 Å². The SMILES string of the molecule is CCCNc1nc2c(OC)cc(F)cc2cc1C(C)C. The Morgan fingerprint density at radius 2 is 2.05 bits per heavy atom. The maximum Gasteiger partial charge on any atom is 0.148 e. The van der Waals surface area contributed by atoms with Gasteiger partial charge in [0.1, 0.15) is 22.9 Å². The molecule has 2 aromatic rings. The molecule has 0 unspecified atom stereocenters. The van der Waals surface area contributed by atoms with Crippen LogP contribution in [0.25, 0.3) is 10.9 Å². The number of hydrogen-bond acceptors (Lipinski definition) is 3. The number of benzene rings is 1. The Labute approximate surface area is 119 Å². The lowest BCUT2D eigenvalue weighted by Crippen LogP contribution is -2.07. The van der Waals surface area contributed by atoms with E-state index in [9.17, 15) is 4.39 Å². The maximum atomic E-state index is 13.6. The van der Waals surface area contributed by atoms with E-state index < -0.39 is 0 Å². The minimum absolute atomic E-state index is 0.305. The number of pyridine rings is 1. The summed E-state index contributed by atoms with van der Waals surface area (Å²) in [6, 6.07) is 4.87. The first-order valence-corrected chi connectivity index (χ1v) is 6.98. The molecular formula is C16H21FN2O. The molecule has 108 valence electrons. The zero-order chi connectivity index (χ0) is 14.7. The molecule has 0 saturated heterocycles. The van der Waals surface area contributed by atoms with Crippen LogP contribution in [0.3, 0.4) is 0 Å². The number of anilines is 1. The average Bonchev–Trinajstić information content (AvgIpc) is 2.43. The number of rotatable bonds is 5. The molecule has 1 heterocycles. The van der Waals surface area contributed by atoms with Crippen molar-refractivity contribution in [1.82, 2.24) is 4.98 Å². The van der Waals surface area contributed by atoms with Gasteiger partial charge in [-0.3, -0.25) is 0 Å². The van der Waals surface area contributed by atoms with Crippen LogP contribution in [0.2, 0.25) is 0 Å². The number of hydrogen-bond donors (Lipinski definition) is 1. The summed E-state index contributed by atoms with van der Waals surface area (Å²) in [5, 5.41) is 4.11. The van der Waals surface area contributed by atoms with Crippen molar-refractivity contribution in [2.75, 3.05) is 19.0 Å². The second-order valence-electron chi connectivity index (χ2n) is 5.19. The largest absolute Gasteiger partial charge is 0.494 e. The van der Waals surface area contributed by atoms with E-state index >= 15 is 0 Å². The lowest BCUT2D eigenvalue weighted by molar-refractivity contribution is 0.415. The lowest BCUT2D eigenvalue weighted by atomic mass is 10.0. The minimum Gasteiger partial charge on any atom is -0.494 e. The Hall–Kier alpha value is -1.84. The van der Waals surface area contributed by atoms with E-state index in [0.29, 0.717) is 17.2 Å². The number of halogens is 1. The summed E-state index contributed by atoms with van der Waals surface area (Å²) in [7, 11) is 1.53. The highest BCUT2D eigenvalue weighted by Gasteiger charge is 2.13. The molecule has 3 nitrogen and oxygen atoms in total. The molecule has 1 aromatic carbocycles. The molecule has 0 saturated carbocycles. The molecule has 0 aliphatic heterocycles. The molecule has 1 aromatic heterocycles. The smallest absolute Gasteiger partial charge is 0.148 e. The molecule has 20 heavy (non-hydrogen) atoms. The van der Waals surface area contributed by atoms with Gasteiger partial charge in [0.2, 0.25) is 0 Å². The predicted octanol–water partition coefficient (Wildman–Crippen LogP) is 4.33. The fourth-order valence-electron chi connectivity index (χ4n) is 2.22. The Balaban J connectivity index is 2.64. The lowest BCUT2D eigenvalue weighted by Gasteiger charge is -2.16. The van der Waals surface area contributed by atoms with Crippen molar-refractivity contribution >= 4 is 16.7 Å². The number of aromatic nitrogens is 1. The van der Waals surface area contributed by atoms with Gasteiger partial charge in [-0.25, -0.2) is 9.37 Å². The maximum absolute atomic E-state index is 13.6. The van der Waals surface area contributed by atoms with E-state index in [1.54, 1.807) is 0 Å². The quantitative estimate of drug-likeness (QED) is 0.882. The summed E-state index contributed by atoms with van der Waals surface area (Å²) < 4.78 is 18.8. The summed E-state index contributed by atoms with van der Waals surface area (Å²) in [6.07, 6.45) is 1.03. The van der Waals surface area contributed by atoms with Gasteiger partial charge in [-0.15, -0.1) is 0 Å². The van der Waals surface area contributed by atoms with Crippen LogP contribution in [0.15, 0.2) is 18.2 Å². The van der Waals surface area contributed by atoms with E-state index in [1.165, 1.54) is 19.2 Å². The number of nitrogens with one attached hydrogen (secondary N) is 1. The summed E-state index contributed by atoms with van der Waals surface area (Å²) in [5.41, 5.74) is 1.79. The predicted molar refractivity (Wildman–Crippen MR) is 81.1 cm³/mol. The van der Waals surface area contributed by atoms with Crippen LogP contribution in [-0.4, -0.2) is 18.6 Å². The van der Waals surface area contributed by atoms with Crippen molar-refractivity contribution < 1.29 is 9.13 Å². The van der Waals surface area contributed by atoms with Gasteiger partial charge in [-0.1, -0.05) is 20.8 Å². The summed E-state index contributed by atoms with van der Waals surface area (Å²) in [4.78, 5) is 4.64. The Morgan fingerprint density at radius 1 is 1.30 bits per heavy atom. The molecule has 0 aliphatic carbocycles. The molecule has 2 rings (SSSR count). The van der Waals surface area contributed by atoms with Crippen molar-refractivity contribution in [1.29, 1.82) is 0 Å². The topological polar surface area (TPSA) is 34.2 Å². The van der Waals surface area contributed by atoms with Crippen LogP contribution in [0.1, 0.15) is 38.7 Å². The second-order valence-corrected chi connectivity index (χ2v) is 5.19. The van der Waals surface area contributed by atoms with E-state index in [1.807, 2.05) is 6.07 Å². The summed E-state index contributed by atoms with van der Waals surface area (Å²) >= 11 is 0. The van der Waals surface area contributed by atoms with Crippen molar-refractivity contribution in [2.24, 2.45) is 0 Å². The number of ether oxygens (including phenoxy) is 1. The minimum atomic E-state index is -0.305. The van der Waals surface area contributed by atoms with Gasteiger partial charge >= 0.3 is 0 Å². The van der Waals surface area contributed by atoms with Gasteiger partial charge in [-0.2, -0.15) is 0 Å². The van der Waals surface area contributed by atoms with Gasteiger partial charge in [0.25, 0.3) is 0 Å². The van der Waals surface area contributed by atoms with Crippen molar-refractivity contribution in [2.45, 2.75) is 33.1 Å². The highest BCUT2D eigenvalue weighted by molar-refractivity contribution is 5.87. The van der Waals surface area contributed by atoms with E-state index in [0.717, 1.165) is 29.7 Å². The Kier molecular flexibility index (Phi) is 4.42. The first-order chi connectivity index (χ1) is 9.56. The van der Waals surface area contributed by atoms with Gasteiger partial charge in [0, 0.05) is 18.0 Å². The number of fused-ring (bicyclic) bond motifs is 1. The van der Waals surface area contributed by atoms with E-state index in [-0.39, 0.29) is 5.82 Å². The standard InChI is InChI=1S/C16H21FN2O/c1-5-6-18-16-13(10(2)3)8-11-7-12(17)9-14(20-4)15(11)19-16/h7-10H,5-6H2,1-4H3,(H,18,19). The molecule has 0 radical (unpaired) electrons. The zero-order valence-electron chi connectivity index (χ0n) is 12.5. The molecule has 4 heteroatoms. The normalized spacial score (nSPS) is 11.1. The third-order valence-corrected chi connectivity index (χ3v) is 3.26. The molecule has 0 aliphatic rings. The van der Waals surface area contributed by atoms with E-state index in [4.69, 9.17) is 4.74 Å². The average molecular weight is 276 g/mol. The van der Waals surface area contributed by atoms with E-state index in [2.05, 4.69) is 31.1 Å². The molecule has 0 amide bonds. The van der Waals surface area contributed by atoms with Gasteiger partial charge in [0.05, 0.1) is 7.11 Å². The molecule has 0 bridgehead atoms. The first-order valence-electron chi connectivity index (χ1n) is 6.98. The van der Waals surface area contributed by atoms with Crippen LogP contribution < -0.4 is 10.1 Å².